The van der Waals surface area contributed by atoms with Gasteiger partial charge in [0, 0.05) is 0 Å². The molecule has 6 nitrogen and oxygen atoms in total. The van der Waals surface area contributed by atoms with Crippen LogP contribution in [0.1, 0.15) is 17.3 Å². The van der Waals surface area contributed by atoms with Crippen molar-refractivity contribution in [3.05, 3.63) is 58.1 Å². The maximum atomic E-state index is 14.2. The lowest BCUT2D eigenvalue weighted by atomic mass is 10.1. The Morgan fingerprint density at radius 3 is 2.30 bits per heavy atom. The average Bonchev–Trinajstić information content (AvgIpc) is 2.65. The highest BCUT2D eigenvalue weighted by atomic mass is 79.9. The number of benzene rings is 2. The fourth-order valence-corrected chi connectivity index (χ4v) is 2.42. The van der Waals surface area contributed by atoms with Gasteiger partial charge in [-0.15, -0.1) is 13.2 Å². The lowest BCUT2D eigenvalue weighted by Crippen LogP contribution is -2.29. The van der Waals surface area contributed by atoms with Crippen LogP contribution in [0.3, 0.4) is 0 Å². The molecule has 0 aromatic heterocycles. The van der Waals surface area contributed by atoms with Crippen molar-refractivity contribution in [1.29, 1.82) is 0 Å². The van der Waals surface area contributed by atoms with Crippen molar-refractivity contribution >= 4 is 39.1 Å². The lowest BCUT2D eigenvalue weighted by Gasteiger charge is -2.10. The van der Waals surface area contributed by atoms with Crippen molar-refractivity contribution in [2.75, 3.05) is 12.0 Å². The van der Waals surface area contributed by atoms with E-state index in [1.54, 1.807) is 0 Å². The van der Waals surface area contributed by atoms with E-state index >= 15 is 0 Å². The number of nitrogens with zero attached hydrogens (tertiary/aromatic N) is 1. The minimum absolute atomic E-state index is 0.0503. The summed E-state index contributed by atoms with van der Waals surface area (Å²) in [6, 6.07) is 5.97. The Labute approximate surface area is 174 Å². The summed E-state index contributed by atoms with van der Waals surface area (Å²) in [6.45, 7) is 1.28. The van der Waals surface area contributed by atoms with Crippen molar-refractivity contribution in [3.8, 4) is 5.75 Å². The summed E-state index contributed by atoms with van der Waals surface area (Å²) in [5, 5.41) is 3.54. The normalized spacial score (nSPS) is 11.8. The number of carbonyl (C=O) groups excluding carboxylic acids is 2. The maximum Gasteiger partial charge on any atom is 0.573 e. The number of nitrogens with one attached hydrogen (secondary N) is 1. The molecule has 0 heterocycles. The van der Waals surface area contributed by atoms with Gasteiger partial charge in [0.25, 0.3) is 0 Å². The van der Waals surface area contributed by atoms with Gasteiger partial charge in [-0.05, 0) is 59.3 Å². The molecule has 0 aliphatic rings. The van der Waals surface area contributed by atoms with Crippen LogP contribution in [-0.4, -0.2) is 30.4 Å². The number of anilines is 1. The van der Waals surface area contributed by atoms with Crippen LogP contribution in [0, 0.1) is 11.6 Å². The Morgan fingerprint density at radius 1 is 1.10 bits per heavy atom. The maximum absolute atomic E-state index is 14.2. The second-order valence-electron chi connectivity index (χ2n) is 5.41. The van der Waals surface area contributed by atoms with Crippen LogP contribution in [0.4, 0.5) is 27.6 Å². The zero-order chi connectivity index (χ0) is 22.5. The molecule has 0 aliphatic heterocycles. The average molecular weight is 495 g/mol. The molecule has 0 fully saturated rings. The number of ether oxygens (including phenoxy) is 2. The summed E-state index contributed by atoms with van der Waals surface area (Å²) in [4.78, 5) is 24.7. The van der Waals surface area contributed by atoms with Gasteiger partial charge in [0.2, 0.25) is 11.5 Å². The van der Waals surface area contributed by atoms with Gasteiger partial charge in [-0.1, -0.05) is 0 Å². The Hall–Kier alpha value is -3.02. The molecule has 30 heavy (non-hydrogen) atoms. The molecular weight excluding hydrogens is 483 g/mol. The first-order valence-electron chi connectivity index (χ1n) is 8.08. The highest BCUT2D eigenvalue weighted by Crippen LogP contribution is 2.25. The minimum atomic E-state index is -4.88. The van der Waals surface area contributed by atoms with E-state index in [2.05, 4.69) is 35.9 Å². The largest absolute Gasteiger partial charge is 0.573 e. The Balaban J connectivity index is 2.34. The molecular formula is C18H12BrF5N2O4. The number of ketones is 1. The molecule has 0 aliphatic carbocycles. The number of halogens is 6. The molecule has 0 atom stereocenters. The predicted molar refractivity (Wildman–Crippen MR) is 99.2 cm³/mol. The van der Waals surface area contributed by atoms with Crippen molar-refractivity contribution in [3.63, 3.8) is 0 Å². The molecule has 0 radical (unpaired) electrons. The topological polar surface area (TPSA) is 77.0 Å². The number of rotatable bonds is 7. The van der Waals surface area contributed by atoms with Gasteiger partial charge >= 0.3 is 12.3 Å². The van der Waals surface area contributed by atoms with Gasteiger partial charge in [-0.3, -0.25) is 10.2 Å². The van der Waals surface area contributed by atoms with Crippen molar-refractivity contribution in [2.24, 2.45) is 5.10 Å². The summed E-state index contributed by atoms with van der Waals surface area (Å²) in [6.07, 6.45) is -4.88. The van der Waals surface area contributed by atoms with E-state index in [4.69, 9.17) is 0 Å². The zero-order valence-corrected chi connectivity index (χ0v) is 16.6. The van der Waals surface area contributed by atoms with E-state index in [0.29, 0.717) is 0 Å². The molecule has 12 heteroatoms. The van der Waals surface area contributed by atoms with E-state index in [9.17, 15) is 31.5 Å². The third kappa shape index (κ3) is 5.99. The van der Waals surface area contributed by atoms with Crippen LogP contribution in [0.25, 0.3) is 0 Å². The van der Waals surface area contributed by atoms with Crippen LogP contribution >= 0.6 is 15.9 Å². The number of esters is 1. The number of alkyl halides is 3. The molecule has 2 aromatic rings. The molecule has 160 valence electrons. The second kappa shape index (κ2) is 9.65. The van der Waals surface area contributed by atoms with Crippen LogP contribution in [-0.2, 0) is 9.53 Å². The predicted octanol–water partition coefficient (Wildman–Crippen LogP) is 4.84. The first kappa shape index (κ1) is 23.3. The van der Waals surface area contributed by atoms with E-state index < -0.39 is 46.8 Å². The molecule has 0 amide bonds. The number of Topliss-reactive ketones (excluding diaryl/α,β-unsaturated/α-hetero) is 1. The van der Waals surface area contributed by atoms with Gasteiger partial charge in [-0.2, -0.15) is 5.10 Å². The molecule has 2 rings (SSSR count). The molecule has 0 saturated carbocycles. The summed E-state index contributed by atoms with van der Waals surface area (Å²) >= 11 is 2.81. The number of carbonyl (C=O) groups is 2. The SMILES string of the molecule is CCOC(=O)/C(=N/Nc1ccc(OC(F)(F)F)cc1)C(=O)c1c(F)ccc(Br)c1F. The van der Waals surface area contributed by atoms with Crippen LogP contribution in [0.2, 0.25) is 0 Å². The van der Waals surface area contributed by atoms with Gasteiger partial charge in [-0.25, -0.2) is 13.6 Å². The van der Waals surface area contributed by atoms with Crippen molar-refractivity contribution < 1.29 is 41.0 Å². The van der Waals surface area contributed by atoms with E-state index in [1.807, 2.05) is 0 Å². The fourth-order valence-electron chi connectivity index (χ4n) is 2.09. The van der Waals surface area contributed by atoms with E-state index in [-0.39, 0.29) is 16.8 Å². The smallest absolute Gasteiger partial charge is 0.461 e. The first-order valence-corrected chi connectivity index (χ1v) is 8.87. The van der Waals surface area contributed by atoms with Gasteiger partial charge in [0.15, 0.2) is 5.82 Å². The van der Waals surface area contributed by atoms with Crippen LogP contribution in [0.15, 0.2) is 46.0 Å². The fraction of sp³-hybridized carbons (Fsp3) is 0.167. The van der Waals surface area contributed by atoms with Gasteiger partial charge in [0.05, 0.1) is 22.3 Å². The van der Waals surface area contributed by atoms with Gasteiger partial charge < -0.3 is 9.47 Å². The summed E-state index contributed by atoms with van der Waals surface area (Å²) < 4.78 is 73.0. The molecule has 0 saturated heterocycles. The molecule has 2 aromatic carbocycles. The first-order chi connectivity index (χ1) is 14.0. The molecule has 0 bridgehead atoms. The molecule has 0 unspecified atom stereocenters. The quantitative estimate of drug-likeness (QED) is 0.113. The third-order valence-corrected chi connectivity index (χ3v) is 3.95. The monoisotopic (exact) mass is 494 g/mol. The highest BCUT2D eigenvalue weighted by molar-refractivity contribution is 9.10. The van der Waals surface area contributed by atoms with E-state index in [1.165, 1.54) is 6.92 Å². The zero-order valence-electron chi connectivity index (χ0n) is 15.0. The Bertz CT molecular complexity index is 978. The Morgan fingerprint density at radius 2 is 1.73 bits per heavy atom. The summed E-state index contributed by atoms with van der Waals surface area (Å²) in [7, 11) is 0. The molecule has 1 N–H and O–H groups in total. The number of hydrogen-bond donors (Lipinski definition) is 1. The number of hydrogen-bond acceptors (Lipinski definition) is 6. The van der Waals surface area contributed by atoms with Crippen molar-refractivity contribution in [2.45, 2.75) is 13.3 Å². The van der Waals surface area contributed by atoms with Crippen molar-refractivity contribution in [1.82, 2.24) is 0 Å². The number of hydrazone groups is 1. The summed E-state index contributed by atoms with van der Waals surface area (Å²) in [5.41, 5.74) is 0.297. The standard InChI is InChI=1S/C18H12BrF5N2O4/c1-2-29-17(28)15(16(27)13-12(20)8-7-11(19)14(13)21)26-25-9-3-5-10(6-4-9)30-18(22,23)24/h3-8,25H,2H2,1H3/b26-15+. The van der Waals surface area contributed by atoms with Gasteiger partial charge in [0.1, 0.15) is 11.6 Å². The van der Waals surface area contributed by atoms with E-state index in [0.717, 1.165) is 36.4 Å². The van der Waals surface area contributed by atoms with Crippen LogP contribution < -0.4 is 10.2 Å². The molecule has 0 spiro atoms. The summed E-state index contributed by atoms with van der Waals surface area (Å²) in [5.74, 6) is -5.64. The third-order valence-electron chi connectivity index (χ3n) is 3.34. The highest BCUT2D eigenvalue weighted by Gasteiger charge is 2.31. The minimum Gasteiger partial charge on any atom is -0.461 e. The Kier molecular flexibility index (Phi) is 7.48. The van der Waals surface area contributed by atoms with Crippen LogP contribution in [0.5, 0.6) is 5.75 Å². The second-order valence-corrected chi connectivity index (χ2v) is 6.27. The lowest BCUT2D eigenvalue weighted by molar-refractivity contribution is -0.274.